The van der Waals surface area contributed by atoms with Gasteiger partial charge in [-0.1, -0.05) is 121 Å². The maximum atomic E-state index is 6.81. The zero-order valence-corrected chi connectivity index (χ0v) is 29.5. The topological polar surface area (TPSA) is 48.8 Å². The summed E-state index contributed by atoms with van der Waals surface area (Å²) in [6.45, 7) is 0. The molecular formula is C50H30N4O. The van der Waals surface area contributed by atoms with E-state index in [1.54, 1.807) is 0 Å². The van der Waals surface area contributed by atoms with Crippen LogP contribution < -0.4 is 0 Å². The molecule has 0 aliphatic rings. The van der Waals surface area contributed by atoms with Crippen LogP contribution in [0.3, 0.4) is 0 Å². The Balaban J connectivity index is 1.20. The van der Waals surface area contributed by atoms with Crippen LogP contribution in [0, 0.1) is 0 Å². The third-order valence-corrected chi connectivity index (χ3v) is 11.1. The third-order valence-electron chi connectivity index (χ3n) is 11.1. The minimum atomic E-state index is 0.690. The number of para-hydroxylation sites is 4. The summed E-state index contributed by atoms with van der Waals surface area (Å²) in [6, 6.07) is 64.0. The maximum Gasteiger partial charge on any atom is 0.160 e. The molecule has 0 fully saturated rings. The number of hydrogen-bond acceptors (Lipinski definition) is 3. The van der Waals surface area contributed by atoms with Crippen LogP contribution in [0.15, 0.2) is 186 Å². The highest BCUT2D eigenvalue weighted by Gasteiger charge is 2.24. The predicted molar refractivity (Wildman–Crippen MR) is 226 cm³/mol. The smallest absolute Gasteiger partial charge is 0.160 e. The number of hydrogen-bond donors (Lipinski definition) is 0. The maximum absolute atomic E-state index is 6.81. The summed E-state index contributed by atoms with van der Waals surface area (Å²) in [7, 11) is 0. The molecule has 4 heterocycles. The van der Waals surface area contributed by atoms with Crippen LogP contribution in [0.4, 0.5) is 0 Å². The van der Waals surface area contributed by atoms with Crippen molar-refractivity contribution < 1.29 is 4.42 Å². The lowest BCUT2D eigenvalue weighted by molar-refractivity contribution is 0.673. The quantitative estimate of drug-likeness (QED) is 0.183. The first-order chi connectivity index (χ1) is 27.3. The van der Waals surface area contributed by atoms with Crippen molar-refractivity contribution in [2.75, 3.05) is 0 Å². The fourth-order valence-electron chi connectivity index (χ4n) is 8.75. The minimum absolute atomic E-state index is 0.690. The van der Waals surface area contributed by atoms with Crippen molar-refractivity contribution in [3.63, 3.8) is 0 Å². The fourth-order valence-corrected chi connectivity index (χ4v) is 8.75. The van der Waals surface area contributed by atoms with Crippen molar-refractivity contribution in [2.45, 2.75) is 0 Å². The standard InChI is InChI=1S/C50H30N4O/c1-3-14-31(15-4-1)47-39-22-7-10-23-40(39)51-50(52-47)32-16-13-19-34(30-32)54-41-24-11-8-20-35(41)37-26-28-42-45(48(37)54)46-43(53(42)33-17-5-2-6-18-33)29-27-38-36-21-9-12-25-44(36)55-49(38)46/h1-30H. The second-order valence-corrected chi connectivity index (χ2v) is 14.1. The fraction of sp³-hybridized carbons (Fsp3) is 0. The van der Waals surface area contributed by atoms with E-state index in [1.807, 2.05) is 18.2 Å². The first-order valence-electron chi connectivity index (χ1n) is 18.6. The Morgan fingerprint density at radius 3 is 1.91 bits per heavy atom. The van der Waals surface area contributed by atoms with Gasteiger partial charge in [-0.2, -0.15) is 0 Å². The van der Waals surface area contributed by atoms with Gasteiger partial charge in [-0.05, 0) is 60.7 Å². The zero-order valence-electron chi connectivity index (χ0n) is 29.5. The monoisotopic (exact) mass is 702 g/mol. The number of aromatic nitrogens is 4. The molecule has 5 heteroatoms. The summed E-state index contributed by atoms with van der Waals surface area (Å²) in [5, 5.41) is 7.88. The second-order valence-electron chi connectivity index (χ2n) is 14.1. The van der Waals surface area contributed by atoms with E-state index in [9.17, 15) is 0 Å². The normalized spacial score (nSPS) is 12.0. The molecule has 0 radical (unpaired) electrons. The Morgan fingerprint density at radius 2 is 1.05 bits per heavy atom. The number of benzene rings is 8. The number of rotatable bonds is 4. The van der Waals surface area contributed by atoms with Gasteiger partial charge < -0.3 is 13.6 Å². The van der Waals surface area contributed by atoms with Crippen LogP contribution in [0.2, 0.25) is 0 Å². The molecule has 256 valence electrons. The number of fused-ring (bicyclic) bond motifs is 12. The summed E-state index contributed by atoms with van der Waals surface area (Å²) in [6.07, 6.45) is 0. The number of furan rings is 1. The van der Waals surface area contributed by atoms with E-state index in [1.165, 1.54) is 10.8 Å². The van der Waals surface area contributed by atoms with Gasteiger partial charge in [0.25, 0.3) is 0 Å². The first kappa shape index (κ1) is 30.0. The van der Waals surface area contributed by atoms with Gasteiger partial charge in [0.05, 0.1) is 38.7 Å². The van der Waals surface area contributed by atoms with E-state index >= 15 is 0 Å². The molecule has 0 bridgehead atoms. The lowest BCUT2D eigenvalue weighted by Crippen LogP contribution is -1.98. The van der Waals surface area contributed by atoms with Gasteiger partial charge in [-0.15, -0.1) is 0 Å². The van der Waals surface area contributed by atoms with Crippen molar-refractivity contribution >= 4 is 76.5 Å². The van der Waals surface area contributed by atoms with E-state index in [0.29, 0.717) is 5.82 Å². The molecule has 55 heavy (non-hydrogen) atoms. The van der Waals surface area contributed by atoms with E-state index in [0.717, 1.165) is 93.9 Å². The lowest BCUT2D eigenvalue weighted by Gasteiger charge is -2.13. The summed E-state index contributed by atoms with van der Waals surface area (Å²) in [4.78, 5) is 10.4. The SMILES string of the molecule is c1ccc(-c2nc(-c3cccc(-n4c5ccccc5c5ccc6c(c7c8oc9ccccc9c8ccc7n6-c6ccccc6)c54)c3)nc3ccccc23)cc1. The van der Waals surface area contributed by atoms with Gasteiger partial charge in [-0.3, -0.25) is 0 Å². The highest BCUT2D eigenvalue weighted by Crippen LogP contribution is 2.46. The van der Waals surface area contributed by atoms with E-state index < -0.39 is 0 Å². The molecule has 0 aliphatic heterocycles. The van der Waals surface area contributed by atoms with Gasteiger partial charge in [0, 0.05) is 54.8 Å². The summed E-state index contributed by atoms with van der Waals surface area (Å²) in [5.41, 5.74) is 12.3. The molecule has 8 aromatic carbocycles. The highest BCUT2D eigenvalue weighted by atomic mass is 16.3. The predicted octanol–water partition coefficient (Wildman–Crippen LogP) is 13.1. The average Bonchev–Trinajstić information content (AvgIpc) is 3.92. The van der Waals surface area contributed by atoms with Crippen molar-refractivity contribution in [1.82, 2.24) is 19.1 Å². The van der Waals surface area contributed by atoms with Crippen LogP contribution in [-0.4, -0.2) is 19.1 Å². The minimum Gasteiger partial charge on any atom is -0.455 e. The molecule has 0 atom stereocenters. The molecule has 0 N–H and O–H groups in total. The molecule has 0 saturated heterocycles. The first-order valence-corrected chi connectivity index (χ1v) is 18.6. The van der Waals surface area contributed by atoms with Gasteiger partial charge in [0.1, 0.15) is 11.2 Å². The van der Waals surface area contributed by atoms with Crippen LogP contribution in [0.25, 0.3) is 110 Å². The average molecular weight is 703 g/mol. The van der Waals surface area contributed by atoms with Crippen molar-refractivity contribution in [3.8, 4) is 34.0 Å². The Bertz CT molecular complexity index is 3480. The zero-order chi connectivity index (χ0) is 36.0. The van der Waals surface area contributed by atoms with Gasteiger partial charge >= 0.3 is 0 Å². The molecule has 12 aromatic rings. The van der Waals surface area contributed by atoms with Gasteiger partial charge in [-0.25, -0.2) is 9.97 Å². The molecule has 0 aliphatic carbocycles. The Morgan fingerprint density at radius 1 is 0.400 bits per heavy atom. The molecule has 0 unspecified atom stereocenters. The summed E-state index contributed by atoms with van der Waals surface area (Å²) in [5.74, 6) is 0.690. The molecule has 0 spiro atoms. The molecule has 0 amide bonds. The number of nitrogens with zero attached hydrogens (tertiary/aromatic N) is 4. The molecular weight excluding hydrogens is 673 g/mol. The lowest BCUT2D eigenvalue weighted by atomic mass is 10.0. The Kier molecular flexibility index (Phi) is 6.27. The summed E-state index contributed by atoms with van der Waals surface area (Å²) >= 11 is 0. The van der Waals surface area contributed by atoms with E-state index in [-0.39, 0.29) is 0 Å². The second kappa shape index (κ2) is 11.5. The highest BCUT2D eigenvalue weighted by molar-refractivity contribution is 6.32. The molecule has 12 rings (SSSR count). The Labute approximate surface area is 315 Å². The largest absolute Gasteiger partial charge is 0.455 e. The van der Waals surface area contributed by atoms with Crippen LogP contribution in [-0.2, 0) is 0 Å². The van der Waals surface area contributed by atoms with Crippen LogP contribution >= 0.6 is 0 Å². The van der Waals surface area contributed by atoms with Gasteiger partial charge in [0.15, 0.2) is 5.82 Å². The van der Waals surface area contributed by atoms with Crippen molar-refractivity contribution in [3.05, 3.63) is 182 Å². The molecule has 0 saturated carbocycles. The molecule has 5 nitrogen and oxygen atoms in total. The van der Waals surface area contributed by atoms with Crippen LogP contribution in [0.5, 0.6) is 0 Å². The van der Waals surface area contributed by atoms with Crippen molar-refractivity contribution in [2.24, 2.45) is 0 Å². The molecule has 4 aromatic heterocycles. The van der Waals surface area contributed by atoms with Crippen molar-refractivity contribution in [1.29, 1.82) is 0 Å². The van der Waals surface area contributed by atoms with Gasteiger partial charge in [0.2, 0.25) is 0 Å². The van der Waals surface area contributed by atoms with Crippen LogP contribution in [0.1, 0.15) is 0 Å². The third kappa shape index (κ3) is 4.35. The van der Waals surface area contributed by atoms with E-state index in [4.69, 9.17) is 14.4 Å². The van der Waals surface area contributed by atoms with E-state index in [2.05, 4.69) is 173 Å². The Hall–Kier alpha value is -7.50. The summed E-state index contributed by atoms with van der Waals surface area (Å²) < 4.78 is 11.6.